The van der Waals surface area contributed by atoms with Crippen LogP contribution in [0.25, 0.3) is 85.9 Å². The van der Waals surface area contributed by atoms with E-state index in [0.29, 0.717) is 0 Å². The van der Waals surface area contributed by atoms with Crippen molar-refractivity contribution in [1.29, 1.82) is 0 Å². The molecule has 0 bridgehead atoms. The van der Waals surface area contributed by atoms with E-state index in [1.807, 2.05) is 11.3 Å². The van der Waals surface area contributed by atoms with Gasteiger partial charge in [0.25, 0.3) is 0 Å². The third-order valence-electron chi connectivity index (χ3n) is 10.6. The summed E-state index contributed by atoms with van der Waals surface area (Å²) in [5, 5.41) is 9.69. The zero-order valence-electron chi connectivity index (χ0n) is 28.7. The zero-order valence-corrected chi connectivity index (χ0v) is 29.5. The number of benzene rings is 9. The van der Waals surface area contributed by atoms with Crippen LogP contribution in [0.2, 0.25) is 0 Å². The lowest BCUT2D eigenvalue weighted by Gasteiger charge is -2.29. The molecule has 0 aliphatic rings. The number of para-hydroxylation sites is 3. The first-order valence-electron chi connectivity index (χ1n) is 18.0. The second-order valence-corrected chi connectivity index (χ2v) is 14.7. The van der Waals surface area contributed by atoms with Crippen LogP contribution in [0.5, 0.6) is 0 Å². The summed E-state index contributed by atoms with van der Waals surface area (Å²) in [4.78, 5) is 2.45. The number of hydrogen-bond acceptors (Lipinski definition) is 3. The third-order valence-corrected chi connectivity index (χ3v) is 11.8. The van der Waals surface area contributed by atoms with Crippen molar-refractivity contribution in [3.8, 4) is 22.3 Å². The van der Waals surface area contributed by atoms with Gasteiger partial charge in [0, 0.05) is 52.8 Å². The highest BCUT2D eigenvalue weighted by atomic mass is 32.1. The van der Waals surface area contributed by atoms with Crippen molar-refractivity contribution in [2.24, 2.45) is 0 Å². The average Bonchev–Trinajstić information content (AvgIpc) is 3.79. The second kappa shape index (κ2) is 11.9. The fraction of sp³-hybridized carbons (Fsp3) is 0. The highest BCUT2D eigenvalue weighted by Gasteiger charge is 2.25. The Morgan fingerprint density at radius 2 is 0.925 bits per heavy atom. The van der Waals surface area contributed by atoms with Crippen LogP contribution in [0.1, 0.15) is 0 Å². The Morgan fingerprint density at radius 3 is 1.72 bits per heavy atom. The monoisotopic (exact) mass is 693 g/mol. The Kier molecular flexibility index (Phi) is 6.76. The van der Waals surface area contributed by atoms with E-state index in [1.165, 1.54) is 41.7 Å². The molecule has 248 valence electrons. The van der Waals surface area contributed by atoms with Gasteiger partial charge < -0.3 is 9.32 Å². The lowest BCUT2D eigenvalue weighted by Crippen LogP contribution is -2.12. The van der Waals surface area contributed by atoms with Crippen molar-refractivity contribution in [3.63, 3.8) is 0 Å². The fourth-order valence-electron chi connectivity index (χ4n) is 8.20. The van der Waals surface area contributed by atoms with Gasteiger partial charge in [-0.2, -0.15) is 0 Å². The molecule has 9 aromatic carbocycles. The topological polar surface area (TPSA) is 16.4 Å². The van der Waals surface area contributed by atoms with E-state index < -0.39 is 0 Å². The first kappa shape index (κ1) is 30.0. The van der Waals surface area contributed by atoms with Gasteiger partial charge in [0.2, 0.25) is 0 Å². The molecular weight excluding hydrogens is 663 g/mol. The summed E-state index contributed by atoms with van der Waals surface area (Å²) in [5.74, 6) is 0. The van der Waals surface area contributed by atoms with Gasteiger partial charge in [-0.3, -0.25) is 0 Å². The summed E-state index contributed by atoms with van der Waals surface area (Å²) in [7, 11) is 0. The number of fused-ring (bicyclic) bond motifs is 9. The Balaban J connectivity index is 1.27. The number of rotatable bonds is 5. The number of thiophene rings is 1. The summed E-state index contributed by atoms with van der Waals surface area (Å²) in [6.07, 6.45) is 0. The van der Waals surface area contributed by atoms with Crippen molar-refractivity contribution >= 4 is 92.1 Å². The molecule has 0 radical (unpaired) electrons. The molecule has 3 heteroatoms. The molecule has 53 heavy (non-hydrogen) atoms. The Hall–Kier alpha value is -6.68. The van der Waals surface area contributed by atoms with Gasteiger partial charge in [-0.1, -0.05) is 158 Å². The quantitative estimate of drug-likeness (QED) is 0.178. The molecule has 0 N–H and O–H groups in total. The standard InChI is InChI=1S/C50H31NOS/c1-3-15-32(16-4-1)36-21-11-12-27-44(36)51(45-28-14-26-40-39-25-13-24-37(48(39)52-49(40)45)33-17-5-2-6-18-33)46-31-43-42-29-34-19-7-8-20-35(34)30-47(42)53-50(43)41-23-10-9-22-38(41)46/h1-31H. The SMILES string of the molecule is c1ccc(-c2ccccc2N(c2cc3c4cc5ccccc5cc4sc3c3ccccc23)c2cccc3c2oc2c(-c4ccccc4)cccc23)cc1. The van der Waals surface area contributed by atoms with Gasteiger partial charge >= 0.3 is 0 Å². The summed E-state index contributed by atoms with van der Waals surface area (Å²) < 4.78 is 9.70. The number of hydrogen-bond donors (Lipinski definition) is 0. The third kappa shape index (κ3) is 4.71. The maximum Gasteiger partial charge on any atom is 0.159 e. The van der Waals surface area contributed by atoms with E-state index in [0.717, 1.165) is 61.3 Å². The first-order chi connectivity index (χ1) is 26.3. The van der Waals surface area contributed by atoms with Gasteiger partial charge in [-0.05, 0) is 52.2 Å². The summed E-state index contributed by atoms with van der Waals surface area (Å²) in [6, 6.07) is 67.8. The molecule has 2 aromatic heterocycles. The number of nitrogens with zero attached hydrogens (tertiary/aromatic N) is 1. The molecule has 0 unspecified atom stereocenters. The van der Waals surface area contributed by atoms with E-state index in [-0.39, 0.29) is 0 Å². The van der Waals surface area contributed by atoms with E-state index in [4.69, 9.17) is 4.42 Å². The highest BCUT2D eigenvalue weighted by Crippen LogP contribution is 2.51. The van der Waals surface area contributed by atoms with Crippen molar-refractivity contribution < 1.29 is 4.42 Å². The van der Waals surface area contributed by atoms with Crippen LogP contribution in [0.3, 0.4) is 0 Å². The van der Waals surface area contributed by atoms with E-state index in [9.17, 15) is 0 Å². The van der Waals surface area contributed by atoms with Crippen molar-refractivity contribution in [2.45, 2.75) is 0 Å². The molecule has 0 spiro atoms. The molecule has 0 saturated heterocycles. The Bertz CT molecular complexity index is 3180. The van der Waals surface area contributed by atoms with E-state index in [1.54, 1.807) is 0 Å². The maximum absolute atomic E-state index is 7.10. The first-order valence-corrected chi connectivity index (χ1v) is 18.8. The van der Waals surface area contributed by atoms with Gasteiger partial charge in [-0.25, -0.2) is 0 Å². The van der Waals surface area contributed by atoms with Crippen LogP contribution < -0.4 is 4.90 Å². The van der Waals surface area contributed by atoms with Crippen LogP contribution in [-0.4, -0.2) is 0 Å². The predicted octanol–water partition coefficient (Wildman–Crippen LogP) is 15.1. The van der Waals surface area contributed by atoms with Crippen LogP contribution in [0.4, 0.5) is 17.1 Å². The number of anilines is 3. The second-order valence-electron chi connectivity index (χ2n) is 13.6. The lowest BCUT2D eigenvalue weighted by atomic mass is 9.98. The largest absolute Gasteiger partial charge is 0.453 e. The van der Waals surface area contributed by atoms with Crippen molar-refractivity contribution in [2.75, 3.05) is 4.90 Å². The van der Waals surface area contributed by atoms with Crippen LogP contribution in [0.15, 0.2) is 192 Å². The molecular formula is C50H31NOS. The molecule has 2 heterocycles. The summed E-state index contributed by atoms with van der Waals surface area (Å²) in [5.41, 5.74) is 9.49. The highest BCUT2D eigenvalue weighted by molar-refractivity contribution is 7.26. The molecule has 0 amide bonds. The number of furan rings is 1. The maximum atomic E-state index is 7.10. The van der Waals surface area contributed by atoms with Crippen LogP contribution in [0, 0.1) is 0 Å². The van der Waals surface area contributed by atoms with Crippen molar-refractivity contribution in [1.82, 2.24) is 0 Å². The average molecular weight is 694 g/mol. The van der Waals surface area contributed by atoms with Gasteiger partial charge in [0.05, 0.1) is 17.1 Å². The summed E-state index contributed by atoms with van der Waals surface area (Å²) >= 11 is 1.89. The minimum Gasteiger partial charge on any atom is -0.453 e. The summed E-state index contributed by atoms with van der Waals surface area (Å²) in [6.45, 7) is 0. The normalized spacial score (nSPS) is 11.8. The zero-order chi connectivity index (χ0) is 34.9. The fourth-order valence-corrected chi connectivity index (χ4v) is 9.45. The molecule has 0 saturated carbocycles. The van der Waals surface area contributed by atoms with E-state index in [2.05, 4.69) is 193 Å². The Labute approximate surface area is 310 Å². The minimum atomic E-state index is 0.860. The van der Waals surface area contributed by atoms with Gasteiger partial charge in [-0.15, -0.1) is 11.3 Å². The van der Waals surface area contributed by atoms with Crippen molar-refractivity contribution in [3.05, 3.63) is 188 Å². The smallest absolute Gasteiger partial charge is 0.159 e. The predicted molar refractivity (Wildman–Crippen MR) is 227 cm³/mol. The lowest BCUT2D eigenvalue weighted by molar-refractivity contribution is 0.670. The molecule has 2 nitrogen and oxygen atoms in total. The molecule has 0 aliphatic heterocycles. The Morgan fingerprint density at radius 1 is 0.358 bits per heavy atom. The van der Waals surface area contributed by atoms with E-state index >= 15 is 0 Å². The van der Waals surface area contributed by atoms with Gasteiger partial charge in [0.15, 0.2) is 5.58 Å². The van der Waals surface area contributed by atoms with Crippen LogP contribution >= 0.6 is 11.3 Å². The van der Waals surface area contributed by atoms with Crippen LogP contribution in [-0.2, 0) is 0 Å². The molecule has 11 aromatic rings. The molecule has 11 rings (SSSR count). The van der Waals surface area contributed by atoms with Gasteiger partial charge in [0.1, 0.15) is 5.58 Å². The molecule has 0 atom stereocenters. The minimum absolute atomic E-state index is 0.860. The molecule has 0 aliphatic carbocycles. The molecule has 0 fully saturated rings.